The topological polar surface area (TPSA) is 38.5 Å². The molecule has 0 spiro atoms. The molecule has 1 aliphatic heterocycles. The smallest absolute Gasteiger partial charge is 0.0760 e. The van der Waals surface area contributed by atoms with Crippen LogP contribution in [0.2, 0.25) is 0 Å². The van der Waals surface area contributed by atoms with Gasteiger partial charge >= 0.3 is 0 Å². The average Bonchev–Trinajstić information content (AvgIpc) is 2.34. The summed E-state index contributed by atoms with van der Waals surface area (Å²) in [4.78, 5) is 2.45. The zero-order chi connectivity index (χ0) is 15.5. The lowest BCUT2D eigenvalue weighted by atomic mass is 9.97. The van der Waals surface area contributed by atoms with Crippen LogP contribution in [0.5, 0.6) is 0 Å². The van der Waals surface area contributed by atoms with Crippen molar-refractivity contribution in [2.24, 2.45) is 5.73 Å². The molecule has 0 bridgehead atoms. The molecule has 0 aliphatic carbocycles. The van der Waals surface area contributed by atoms with E-state index in [1.165, 1.54) is 5.56 Å². The van der Waals surface area contributed by atoms with Gasteiger partial charge in [-0.05, 0) is 39.3 Å². The fraction of sp³-hybridized carbons (Fsp3) is 0.556. The van der Waals surface area contributed by atoms with E-state index in [9.17, 15) is 0 Å². The highest BCUT2D eigenvalue weighted by Gasteiger charge is 2.37. The van der Waals surface area contributed by atoms with Gasteiger partial charge in [-0.25, -0.2) is 0 Å². The Morgan fingerprint density at radius 3 is 2.38 bits per heavy atom. The number of ether oxygens (including phenoxy) is 1. The third kappa shape index (κ3) is 4.57. The van der Waals surface area contributed by atoms with Gasteiger partial charge in [-0.1, -0.05) is 30.0 Å². The number of morpholine rings is 1. The van der Waals surface area contributed by atoms with Gasteiger partial charge < -0.3 is 10.5 Å². The predicted octanol–water partition coefficient (Wildman–Crippen LogP) is 2.39. The minimum atomic E-state index is -0.125. The monoisotopic (exact) mass is 286 g/mol. The minimum absolute atomic E-state index is 0.125. The zero-order valence-corrected chi connectivity index (χ0v) is 13.6. The molecule has 0 aromatic heterocycles. The number of rotatable bonds is 2. The number of nitrogens with zero attached hydrogens (tertiary/aromatic N) is 1. The van der Waals surface area contributed by atoms with Crippen molar-refractivity contribution in [3.8, 4) is 11.8 Å². The van der Waals surface area contributed by atoms with Gasteiger partial charge in [0.25, 0.3) is 0 Å². The molecule has 1 aliphatic rings. The van der Waals surface area contributed by atoms with Gasteiger partial charge in [-0.15, -0.1) is 0 Å². The molecule has 2 N–H and O–H groups in total. The summed E-state index contributed by atoms with van der Waals surface area (Å²) >= 11 is 0. The summed E-state index contributed by atoms with van der Waals surface area (Å²) in [7, 11) is 0. The molecule has 0 atom stereocenters. The molecule has 3 heteroatoms. The Morgan fingerprint density at radius 2 is 1.76 bits per heavy atom. The maximum atomic E-state index is 6.14. The normalized spacial score (nSPS) is 20.6. The van der Waals surface area contributed by atoms with Gasteiger partial charge in [0, 0.05) is 25.2 Å². The third-order valence-electron chi connectivity index (χ3n) is 3.50. The molecular formula is C18H26N2O. The van der Waals surface area contributed by atoms with Crippen LogP contribution in [0.4, 0.5) is 0 Å². The lowest BCUT2D eigenvalue weighted by molar-refractivity contribution is -0.182. The highest BCUT2D eigenvalue weighted by atomic mass is 16.5. The summed E-state index contributed by atoms with van der Waals surface area (Å²) < 4.78 is 6.14. The Hall–Kier alpha value is -1.34. The van der Waals surface area contributed by atoms with Gasteiger partial charge in [-0.2, -0.15) is 0 Å². The second-order valence-corrected chi connectivity index (χ2v) is 6.93. The summed E-state index contributed by atoms with van der Waals surface area (Å²) in [6, 6.07) is 8.31. The fourth-order valence-corrected chi connectivity index (χ4v) is 3.22. The van der Waals surface area contributed by atoms with E-state index in [1.54, 1.807) is 0 Å². The standard InChI is InChI=1S/C18H26N2O/c1-17(2)13-20(14-18(3,4)21-17)12-16-9-6-5-8-15(16)10-7-11-19/h5-6,8-9H,11-14,19H2,1-4H3. The van der Waals surface area contributed by atoms with E-state index in [0.29, 0.717) is 6.54 Å². The van der Waals surface area contributed by atoms with Gasteiger partial charge in [-0.3, -0.25) is 4.90 Å². The van der Waals surface area contributed by atoms with Crippen molar-refractivity contribution in [1.82, 2.24) is 4.90 Å². The van der Waals surface area contributed by atoms with Gasteiger partial charge in [0.1, 0.15) is 0 Å². The van der Waals surface area contributed by atoms with Crippen molar-refractivity contribution >= 4 is 0 Å². The van der Waals surface area contributed by atoms with Crippen LogP contribution in [0.25, 0.3) is 0 Å². The van der Waals surface area contributed by atoms with Crippen LogP contribution in [0.1, 0.15) is 38.8 Å². The number of hydrogen-bond donors (Lipinski definition) is 1. The first-order valence-corrected chi connectivity index (χ1v) is 7.51. The van der Waals surface area contributed by atoms with E-state index in [1.807, 2.05) is 6.07 Å². The maximum Gasteiger partial charge on any atom is 0.0760 e. The summed E-state index contributed by atoms with van der Waals surface area (Å²) in [5.41, 5.74) is 7.56. The van der Waals surface area contributed by atoms with Gasteiger partial charge in [0.05, 0.1) is 17.7 Å². The molecule has 1 aromatic carbocycles. The fourth-order valence-electron chi connectivity index (χ4n) is 3.22. The van der Waals surface area contributed by atoms with Crippen LogP contribution in [-0.4, -0.2) is 35.7 Å². The molecule has 0 saturated carbocycles. The molecule has 114 valence electrons. The summed E-state index contributed by atoms with van der Waals surface area (Å²) in [6.45, 7) is 11.8. The van der Waals surface area contributed by atoms with Crippen molar-refractivity contribution < 1.29 is 4.74 Å². The van der Waals surface area contributed by atoms with Crippen LogP contribution in [0, 0.1) is 11.8 Å². The van der Waals surface area contributed by atoms with E-state index >= 15 is 0 Å². The van der Waals surface area contributed by atoms with Crippen molar-refractivity contribution in [1.29, 1.82) is 0 Å². The molecular weight excluding hydrogens is 260 g/mol. The lowest BCUT2D eigenvalue weighted by Gasteiger charge is -2.47. The molecule has 0 unspecified atom stereocenters. The van der Waals surface area contributed by atoms with Gasteiger partial charge in [0.2, 0.25) is 0 Å². The molecule has 0 radical (unpaired) electrons. The Kier molecular flexibility index (Phi) is 4.73. The third-order valence-corrected chi connectivity index (χ3v) is 3.50. The molecule has 1 fully saturated rings. The Morgan fingerprint density at radius 1 is 1.14 bits per heavy atom. The van der Waals surface area contributed by atoms with Crippen LogP contribution in [0.3, 0.4) is 0 Å². The molecule has 21 heavy (non-hydrogen) atoms. The molecule has 2 rings (SSSR count). The average molecular weight is 286 g/mol. The molecule has 0 amide bonds. The highest BCUT2D eigenvalue weighted by Crippen LogP contribution is 2.29. The summed E-state index contributed by atoms with van der Waals surface area (Å²) in [5, 5.41) is 0. The van der Waals surface area contributed by atoms with Crippen molar-refractivity contribution in [2.45, 2.75) is 45.4 Å². The zero-order valence-electron chi connectivity index (χ0n) is 13.6. The summed E-state index contributed by atoms with van der Waals surface area (Å²) in [5.74, 6) is 6.12. The van der Waals surface area contributed by atoms with E-state index in [-0.39, 0.29) is 11.2 Å². The Labute approximate surface area is 128 Å². The maximum absolute atomic E-state index is 6.14. The van der Waals surface area contributed by atoms with Crippen LogP contribution in [-0.2, 0) is 11.3 Å². The largest absolute Gasteiger partial charge is 0.367 e. The van der Waals surface area contributed by atoms with Crippen molar-refractivity contribution in [2.75, 3.05) is 19.6 Å². The molecule has 3 nitrogen and oxygen atoms in total. The molecule has 1 heterocycles. The van der Waals surface area contributed by atoms with E-state index in [4.69, 9.17) is 10.5 Å². The summed E-state index contributed by atoms with van der Waals surface area (Å²) in [6.07, 6.45) is 0. The Bertz CT molecular complexity index is 536. The molecule has 1 saturated heterocycles. The van der Waals surface area contributed by atoms with E-state index < -0.39 is 0 Å². The Balaban J connectivity index is 2.18. The molecule has 1 aromatic rings. The number of nitrogens with two attached hydrogens (primary N) is 1. The second kappa shape index (κ2) is 6.19. The van der Waals surface area contributed by atoms with Gasteiger partial charge in [0.15, 0.2) is 0 Å². The lowest BCUT2D eigenvalue weighted by Crippen LogP contribution is -2.56. The van der Waals surface area contributed by atoms with Crippen LogP contribution in [0.15, 0.2) is 24.3 Å². The number of benzene rings is 1. The minimum Gasteiger partial charge on any atom is -0.367 e. The SMILES string of the molecule is CC1(C)CN(Cc2ccccc2C#CCN)CC(C)(C)O1. The van der Waals surface area contributed by atoms with Crippen LogP contribution < -0.4 is 5.73 Å². The predicted molar refractivity (Wildman–Crippen MR) is 86.9 cm³/mol. The quantitative estimate of drug-likeness (QED) is 0.848. The van der Waals surface area contributed by atoms with E-state index in [2.05, 4.69) is 62.6 Å². The number of hydrogen-bond acceptors (Lipinski definition) is 3. The first-order chi connectivity index (χ1) is 9.81. The van der Waals surface area contributed by atoms with Crippen molar-refractivity contribution in [3.05, 3.63) is 35.4 Å². The van der Waals surface area contributed by atoms with Crippen LogP contribution >= 0.6 is 0 Å². The van der Waals surface area contributed by atoms with E-state index in [0.717, 1.165) is 25.2 Å². The second-order valence-electron chi connectivity index (χ2n) is 6.93. The first-order valence-electron chi connectivity index (χ1n) is 7.51. The first kappa shape index (κ1) is 16.0. The van der Waals surface area contributed by atoms with Crippen molar-refractivity contribution in [3.63, 3.8) is 0 Å². The highest BCUT2D eigenvalue weighted by molar-refractivity contribution is 5.41.